The summed E-state index contributed by atoms with van der Waals surface area (Å²) in [5, 5.41) is 8.09. The second-order valence-corrected chi connectivity index (χ2v) is 2.46. The summed E-state index contributed by atoms with van der Waals surface area (Å²) in [6.45, 7) is -4.64. The Morgan fingerprint density at radius 3 is 2.15 bits per heavy atom. The Hall–Kier alpha value is 0.721. The van der Waals surface area contributed by atoms with Crippen molar-refractivity contribution in [1.82, 2.24) is 0 Å². The monoisotopic (exact) mass is 215 g/mol. The Kier molecular flexibility index (Phi) is 11.5. The van der Waals surface area contributed by atoms with E-state index >= 15 is 0 Å². The zero-order valence-electron chi connectivity index (χ0n) is 7.64. The van der Waals surface area contributed by atoms with Crippen molar-refractivity contribution >= 4 is 6.98 Å². The fourth-order valence-electron chi connectivity index (χ4n) is 0.669. The molecule has 0 rings (SSSR count). The van der Waals surface area contributed by atoms with Crippen LogP contribution in [0.4, 0.5) is 12.9 Å². The van der Waals surface area contributed by atoms with Crippen LogP contribution in [-0.4, -0.2) is 6.98 Å². The molecule has 1 nitrogen and oxygen atoms in total. The minimum absolute atomic E-state index is 0. The molecule has 68 valence electrons. The standard InChI is InChI=1S/C7H10BF3N.K/c9-8(10,11)6-4-2-1-3-5-7-12;/h1-2H,3-6H2;/q-1;+1/b2-1-;. The van der Waals surface area contributed by atoms with Crippen molar-refractivity contribution < 1.29 is 64.3 Å². The number of nitriles is 1. The van der Waals surface area contributed by atoms with Gasteiger partial charge < -0.3 is 12.9 Å². The second-order valence-electron chi connectivity index (χ2n) is 2.46. The van der Waals surface area contributed by atoms with Crippen molar-refractivity contribution in [2.24, 2.45) is 0 Å². The van der Waals surface area contributed by atoms with Crippen molar-refractivity contribution in [3.05, 3.63) is 12.2 Å². The van der Waals surface area contributed by atoms with Gasteiger partial charge in [0, 0.05) is 6.42 Å². The Morgan fingerprint density at radius 1 is 1.15 bits per heavy atom. The molecule has 0 radical (unpaired) electrons. The quantitative estimate of drug-likeness (QED) is 0.362. The van der Waals surface area contributed by atoms with Gasteiger partial charge in [-0.3, -0.25) is 0 Å². The van der Waals surface area contributed by atoms with Gasteiger partial charge in [-0.05, 0) is 6.42 Å². The summed E-state index contributed by atoms with van der Waals surface area (Å²) < 4.78 is 34.8. The predicted octanol–water partition coefficient (Wildman–Crippen LogP) is 0.0879. The molecule has 0 fully saturated rings. The number of nitrogens with zero attached hydrogens (tertiary/aromatic N) is 1. The van der Waals surface area contributed by atoms with E-state index in [1.165, 1.54) is 6.08 Å². The summed E-state index contributed by atoms with van der Waals surface area (Å²) in [5.74, 6) is 0. The van der Waals surface area contributed by atoms with E-state index in [1.807, 2.05) is 6.07 Å². The molecule has 13 heavy (non-hydrogen) atoms. The van der Waals surface area contributed by atoms with E-state index < -0.39 is 13.3 Å². The van der Waals surface area contributed by atoms with Crippen molar-refractivity contribution in [2.45, 2.75) is 25.6 Å². The fraction of sp³-hybridized carbons (Fsp3) is 0.571. The molecular weight excluding hydrogens is 205 g/mol. The Morgan fingerprint density at radius 2 is 1.69 bits per heavy atom. The van der Waals surface area contributed by atoms with Gasteiger partial charge in [0.05, 0.1) is 6.07 Å². The topological polar surface area (TPSA) is 23.8 Å². The van der Waals surface area contributed by atoms with E-state index in [2.05, 4.69) is 0 Å². The number of rotatable bonds is 5. The van der Waals surface area contributed by atoms with Crippen LogP contribution in [0.2, 0.25) is 6.32 Å². The van der Waals surface area contributed by atoms with E-state index in [4.69, 9.17) is 5.26 Å². The molecule has 0 aromatic heterocycles. The normalized spacial score (nSPS) is 10.9. The summed E-state index contributed by atoms with van der Waals surface area (Å²) >= 11 is 0. The van der Waals surface area contributed by atoms with Gasteiger partial charge in [-0.1, -0.05) is 24.9 Å². The molecule has 0 N–H and O–H groups in total. The molecule has 0 aromatic carbocycles. The number of hydrogen-bond acceptors (Lipinski definition) is 1. The van der Waals surface area contributed by atoms with E-state index in [9.17, 15) is 12.9 Å². The largest absolute Gasteiger partial charge is 1.00 e. The van der Waals surface area contributed by atoms with Gasteiger partial charge >= 0.3 is 58.4 Å². The third-order valence-electron chi connectivity index (χ3n) is 1.25. The fourth-order valence-corrected chi connectivity index (χ4v) is 0.669. The van der Waals surface area contributed by atoms with Crippen LogP contribution in [0.3, 0.4) is 0 Å². The van der Waals surface area contributed by atoms with E-state index in [0.717, 1.165) is 0 Å². The molecule has 0 aliphatic heterocycles. The van der Waals surface area contributed by atoms with Gasteiger partial charge in [-0.25, -0.2) is 0 Å². The van der Waals surface area contributed by atoms with Crippen LogP contribution in [0.15, 0.2) is 12.2 Å². The van der Waals surface area contributed by atoms with Gasteiger partial charge in [0.25, 0.3) is 0 Å². The van der Waals surface area contributed by atoms with Crippen LogP contribution >= 0.6 is 0 Å². The van der Waals surface area contributed by atoms with E-state index in [1.54, 1.807) is 6.08 Å². The minimum Gasteiger partial charge on any atom is -0.449 e. The molecule has 0 spiro atoms. The van der Waals surface area contributed by atoms with Gasteiger partial charge in [-0.2, -0.15) is 5.26 Å². The first-order chi connectivity index (χ1) is 5.56. The summed E-state index contributed by atoms with van der Waals surface area (Å²) in [5.41, 5.74) is 0. The van der Waals surface area contributed by atoms with Crippen molar-refractivity contribution in [3.8, 4) is 6.07 Å². The van der Waals surface area contributed by atoms with Gasteiger partial charge in [-0.15, -0.1) is 0 Å². The average Bonchev–Trinajstić information content (AvgIpc) is 1.94. The number of unbranched alkanes of at least 4 members (excludes halogenated alkanes) is 1. The van der Waals surface area contributed by atoms with Crippen LogP contribution in [0.5, 0.6) is 0 Å². The number of allylic oxidation sites excluding steroid dienone is 2. The first-order valence-corrected chi connectivity index (χ1v) is 3.79. The summed E-state index contributed by atoms with van der Waals surface area (Å²) in [4.78, 5) is 0. The Labute approximate surface area is 119 Å². The van der Waals surface area contributed by atoms with Gasteiger partial charge in [0.2, 0.25) is 0 Å². The van der Waals surface area contributed by atoms with Crippen LogP contribution < -0.4 is 51.4 Å². The maximum absolute atomic E-state index is 11.6. The minimum atomic E-state index is -4.64. The third kappa shape index (κ3) is 15.5. The van der Waals surface area contributed by atoms with E-state index in [-0.39, 0.29) is 57.8 Å². The summed E-state index contributed by atoms with van der Waals surface area (Å²) in [6.07, 6.45) is 3.32. The van der Waals surface area contributed by atoms with Crippen molar-refractivity contribution in [3.63, 3.8) is 0 Å². The molecule has 0 bridgehead atoms. The smallest absolute Gasteiger partial charge is 0.449 e. The molecule has 0 aliphatic rings. The van der Waals surface area contributed by atoms with Gasteiger partial charge in [0.1, 0.15) is 0 Å². The Bertz CT molecular complexity index is 185. The SMILES string of the molecule is N#CCC/C=C\CC[B-](F)(F)F.[K+]. The zero-order valence-corrected chi connectivity index (χ0v) is 10.8. The zero-order chi connectivity index (χ0) is 9.45. The second kappa shape index (κ2) is 9.28. The number of halogens is 3. The van der Waals surface area contributed by atoms with Crippen LogP contribution in [-0.2, 0) is 0 Å². The molecule has 6 heteroatoms. The van der Waals surface area contributed by atoms with Crippen molar-refractivity contribution in [1.29, 1.82) is 5.26 Å². The van der Waals surface area contributed by atoms with E-state index in [0.29, 0.717) is 12.8 Å². The van der Waals surface area contributed by atoms with Crippen LogP contribution in [0, 0.1) is 11.3 Å². The molecule has 0 unspecified atom stereocenters. The Balaban J connectivity index is 0. The molecule has 0 saturated carbocycles. The predicted molar refractivity (Wildman–Crippen MR) is 42.5 cm³/mol. The molecule has 0 saturated heterocycles. The molecule has 0 atom stereocenters. The maximum Gasteiger partial charge on any atom is 1.00 e. The third-order valence-corrected chi connectivity index (χ3v) is 1.25. The average molecular weight is 215 g/mol. The van der Waals surface area contributed by atoms with Gasteiger partial charge in [0.15, 0.2) is 0 Å². The molecule has 0 amide bonds. The molecule has 0 heterocycles. The first-order valence-electron chi connectivity index (χ1n) is 3.79. The number of hydrogen-bond donors (Lipinski definition) is 0. The summed E-state index contributed by atoms with van der Waals surface area (Å²) in [6, 6.07) is 1.91. The van der Waals surface area contributed by atoms with Crippen LogP contribution in [0.25, 0.3) is 0 Å². The molecule has 0 aromatic rings. The molecular formula is C7H10BF3KN. The maximum atomic E-state index is 11.6. The van der Waals surface area contributed by atoms with Crippen molar-refractivity contribution in [2.75, 3.05) is 0 Å². The molecule has 0 aliphatic carbocycles. The summed E-state index contributed by atoms with van der Waals surface area (Å²) in [7, 11) is 0. The first kappa shape index (κ1) is 16.2. The van der Waals surface area contributed by atoms with Crippen LogP contribution in [0.1, 0.15) is 19.3 Å².